The molecule has 0 radical (unpaired) electrons. The van der Waals surface area contributed by atoms with E-state index in [1.54, 1.807) is 11.8 Å². The van der Waals surface area contributed by atoms with Gasteiger partial charge >= 0.3 is 12.0 Å². The minimum absolute atomic E-state index is 0.0358. The number of nitrogens with one attached hydrogen (secondary N) is 2. The van der Waals surface area contributed by atoms with Crippen LogP contribution in [0.15, 0.2) is 0 Å². The zero-order chi connectivity index (χ0) is 16.0. The van der Waals surface area contributed by atoms with E-state index in [9.17, 15) is 9.59 Å². The predicted molar refractivity (Wildman–Crippen MR) is 84.2 cm³/mol. The molecule has 0 aromatic carbocycles. The van der Waals surface area contributed by atoms with Crippen molar-refractivity contribution in [2.45, 2.75) is 58.2 Å². The Morgan fingerprint density at radius 2 is 1.75 bits per heavy atom. The highest BCUT2D eigenvalue weighted by atomic mass is 32.2. The van der Waals surface area contributed by atoms with Crippen molar-refractivity contribution in [2.75, 3.05) is 12.8 Å². The Bertz CT molecular complexity index is 338. The molecule has 2 amide bonds. The summed E-state index contributed by atoms with van der Waals surface area (Å²) in [5.74, 6) is -0.899. The molecule has 1 atom stereocenters. The molecule has 0 bridgehead atoms. The maximum atomic E-state index is 11.9. The SMILES string of the molecule is CSC(C)(C)CNC(=O)NC(CC(=O)O)CC(C)(C)C. The van der Waals surface area contributed by atoms with Crippen LogP contribution in [0.2, 0.25) is 0 Å². The van der Waals surface area contributed by atoms with Gasteiger partial charge in [0.15, 0.2) is 0 Å². The Hall–Kier alpha value is -0.910. The topological polar surface area (TPSA) is 78.4 Å². The minimum atomic E-state index is -0.899. The number of thioether (sulfide) groups is 1. The van der Waals surface area contributed by atoms with Crippen molar-refractivity contribution in [2.24, 2.45) is 5.41 Å². The van der Waals surface area contributed by atoms with Gasteiger partial charge in [-0.1, -0.05) is 20.8 Å². The molecular weight excluding hydrogens is 276 g/mol. The van der Waals surface area contributed by atoms with Gasteiger partial charge in [0.25, 0.3) is 0 Å². The fourth-order valence-electron chi connectivity index (χ4n) is 1.73. The highest BCUT2D eigenvalue weighted by Crippen LogP contribution is 2.22. The third kappa shape index (κ3) is 9.95. The number of carbonyl (C=O) groups excluding carboxylic acids is 1. The first kappa shape index (κ1) is 19.1. The summed E-state index contributed by atoms with van der Waals surface area (Å²) in [6, 6.07) is -0.660. The van der Waals surface area contributed by atoms with Gasteiger partial charge in [-0.25, -0.2) is 4.79 Å². The Morgan fingerprint density at radius 1 is 1.20 bits per heavy atom. The molecule has 0 heterocycles. The molecule has 3 N–H and O–H groups in total. The number of urea groups is 1. The lowest BCUT2D eigenvalue weighted by molar-refractivity contribution is -0.137. The molecule has 0 spiro atoms. The van der Waals surface area contributed by atoms with Crippen LogP contribution in [0, 0.1) is 5.41 Å². The van der Waals surface area contributed by atoms with Crippen LogP contribution in [0.25, 0.3) is 0 Å². The number of carboxylic acid groups (broad SMARTS) is 1. The van der Waals surface area contributed by atoms with Crippen LogP contribution in [0.1, 0.15) is 47.5 Å². The highest BCUT2D eigenvalue weighted by Gasteiger charge is 2.23. The van der Waals surface area contributed by atoms with Crippen molar-refractivity contribution in [3.8, 4) is 0 Å². The molecule has 0 fully saturated rings. The zero-order valence-corrected chi connectivity index (χ0v) is 14.2. The molecule has 0 aromatic rings. The van der Waals surface area contributed by atoms with Crippen LogP contribution in [0.4, 0.5) is 4.79 Å². The molecule has 6 heteroatoms. The minimum Gasteiger partial charge on any atom is -0.481 e. The summed E-state index contributed by atoms with van der Waals surface area (Å²) in [6.45, 7) is 10.7. The van der Waals surface area contributed by atoms with Gasteiger partial charge in [0.2, 0.25) is 0 Å². The van der Waals surface area contributed by atoms with E-state index in [-0.39, 0.29) is 28.7 Å². The summed E-state index contributed by atoms with van der Waals surface area (Å²) in [5, 5.41) is 14.5. The van der Waals surface area contributed by atoms with E-state index in [1.165, 1.54) is 0 Å². The molecule has 0 aromatic heterocycles. The molecular formula is C14H28N2O3S. The zero-order valence-electron chi connectivity index (χ0n) is 13.4. The third-order valence-corrected chi connectivity index (χ3v) is 4.09. The standard InChI is InChI=1S/C14H28N2O3S/c1-13(2,3)8-10(7-11(17)18)16-12(19)15-9-14(4,5)20-6/h10H,7-9H2,1-6H3,(H,17,18)(H2,15,16,19). The number of amides is 2. The molecule has 1 unspecified atom stereocenters. The summed E-state index contributed by atoms with van der Waals surface area (Å²) < 4.78 is -0.0380. The van der Waals surface area contributed by atoms with Crippen LogP contribution in [-0.2, 0) is 4.79 Å². The first-order valence-electron chi connectivity index (χ1n) is 6.76. The predicted octanol–water partition coefficient (Wildman–Crippen LogP) is 2.71. The van der Waals surface area contributed by atoms with Crippen molar-refractivity contribution in [1.82, 2.24) is 10.6 Å². The second kappa shape index (κ2) is 7.76. The van der Waals surface area contributed by atoms with Crippen molar-refractivity contribution in [1.29, 1.82) is 0 Å². The van der Waals surface area contributed by atoms with Crippen LogP contribution in [-0.4, -0.2) is 40.7 Å². The summed E-state index contributed by atoms with van der Waals surface area (Å²) in [4.78, 5) is 22.7. The maximum Gasteiger partial charge on any atom is 0.315 e. The maximum absolute atomic E-state index is 11.9. The molecule has 20 heavy (non-hydrogen) atoms. The summed E-state index contributed by atoms with van der Waals surface area (Å²) in [6.07, 6.45) is 2.56. The van der Waals surface area contributed by atoms with Crippen LogP contribution in [0.3, 0.4) is 0 Å². The van der Waals surface area contributed by atoms with Gasteiger partial charge in [-0.3, -0.25) is 4.79 Å². The van der Waals surface area contributed by atoms with Crippen molar-refractivity contribution >= 4 is 23.8 Å². The summed E-state index contributed by atoms with van der Waals surface area (Å²) >= 11 is 1.67. The average Bonchev–Trinajstić information content (AvgIpc) is 2.23. The van der Waals surface area contributed by atoms with E-state index in [0.717, 1.165) is 0 Å². The van der Waals surface area contributed by atoms with Gasteiger partial charge < -0.3 is 15.7 Å². The lowest BCUT2D eigenvalue weighted by Crippen LogP contribution is -2.47. The molecule has 0 aliphatic carbocycles. The molecule has 5 nitrogen and oxygen atoms in total. The lowest BCUT2D eigenvalue weighted by atomic mass is 9.87. The number of hydrogen-bond acceptors (Lipinski definition) is 3. The van der Waals surface area contributed by atoms with E-state index in [4.69, 9.17) is 5.11 Å². The van der Waals surface area contributed by atoms with Gasteiger partial charge in [0.05, 0.1) is 6.42 Å². The molecule has 0 aliphatic heterocycles. The van der Waals surface area contributed by atoms with E-state index in [0.29, 0.717) is 13.0 Å². The number of rotatable bonds is 7. The third-order valence-electron chi connectivity index (χ3n) is 2.84. The van der Waals surface area contributed by atoms with E-state index in [2.05, 4.69) is 10.6 Å². The van der Waals surface area contributed by atoms with Gasteiger partial charge in [-0.2, -0.15) is 11.8 Å². The number of hydrogen-bond donors (Lipinski definition) is 3. The Morgan fingerprint density at radius 3 is 2.15 bits per heavy atom. The highest BCUT2D eigenvalue weighted by molar-refractivity contribution is 7.99. The summed E-state index contributed by atoms with van der Waals surface area (Å²) in [7, 11) is 0. The molecule has 0 aliphatic rings. The molecule has 0 rings (SSSR count). The van der Waals surface area contributed by atoms with Gasteiger partial charge in [-0.15, -0.1) is 0 Å². The number of carbonyl (C=O) groups is 2. The van der Waals surface area contributed by atoms with Crippen LogP contribution in [0.5, 0.6) is 0 Å². The normalized spacial score (nSPS) is 13.7. The Labute approximate surface area is 126 Å². The first-order valence-corrected chi connectivity index (χ1v) is 7.99. The van der Waals surface area contributed by atoms with Gasteiger partial charge in [0.1, 0.15) is 0 Å². The monoisotopic (exact) mass is 304 g/mol. The fraction of sp³-hybridized carbons (Fsp3) is 0.857. The quantitative estimate of drug-likeness (QED) is 0.676. The Kier molecular flexibility index (Phi) is 7.41. The largest absolute Gasteiger partial charge is 0.481 e. The number of carboxylic acids is 1. The van der Waals surface area contributed by atoms with Gasteiger partial charge in [-0.05, 0) is 31.9 Å². The Balaban J connectivity index is 4.42. The lowest BCUT2D eigenvalue weighted by Gasteiger charge is -2.27. The fourth-order valence-corrected chi connectivity index (χ4v) is 1.94. The average molecular weight is 304 g/mol. The second-order valence-corrected chi connectivity index (χ2v) is 8.36. The van der Waals surface area contributed by atoms with E-state index in [1.807, 2.05) is 40.9 Å². The van der Waals surface area contributed by atoms with E-state index >= 15 is 0 Å². The molecule has 0 saturated carbocycles. The smallest absolute Gasteiger partial charge is 0.315 e. The van der Waals surface area contributed by atoms with Crippen molar-refractivity contribution in [3.05, 3.63) is 0 Å². The number of aliphatic carboxylic acids is 1. The van der Waals surface area contributed by atoms with Crippen molar-refractivity contribution < 1.29 is 14.7 Å². The van der Waals surface area contributed by atoms with E-state index < -0.39 is 5.97 Å². The van der Waals surface area contributed by atoms with Crippen molar-refractivity contribution in [3.63, 3.8) is 0 Å². The molecule has 0 saturated heterocycles. The second-order valence-electron chi connectivity index (χ2n) is 6.85. The first-order chi connectivity index (χ1) is 8.95. The summed E-state index contributed by atoms with van der Waals surface area (Å²) in [5.41, 5.74) is -0.0358. The van der Waals surface area contributed by atoms with Gasteiger partial charge in [0, 0.05) is 17.3 Å². The molecule has 118 valence electrons. The van der Waals surface area contributed by atoms with Crippen LogP contribution < -0.4 is 10.6 Å². The van der Waals surface area contributed by atoms with Crippen LogP contribution >= 0.6 is 11.8 Å².